The molecule has 0 saturated heterocycles. The number of nitrogens with zero attached hydrogens (tertiary/aromatic N) is 3. The van der Waals surface area contributed by atoms with Crippen molar-refractivity contribution < 1.29 is 4.39 Å². The molecule has 4 nitrogen and oxygen atoms in total. The van der Waals surface area contributed by atoms with Gasteiger partial charge in [-0.25, -0.2) is 9.07 Å². The van der Waals surface area contributed by atoms with Gasteiger partial charge in [-0.05, 0) is 17.7 Å². The average Bonchev–Trinajstić information content (AvgIpc) is 2.24. The Balaban J connectivity index is 2.34. The van der Waals surface area contributed by atoms with Gasteiger partial charge in [0.2, 0.25) is 0 Å². The Morgan fingerprint density at radius 2 is 2.19 bits per heavy atom. The molecule has 0 amide bonds. The number of aromatic nitrogens is 3. The zero-order chi connectivity index (χ0) is 11.5. The number of rotatable bonds is 2. The monoisotopic (exact) mass is 239 g/mol. The second-order valence-corrected chi connectivity index (χ2v) is 3.55. The van der Waals surface area contributed by atoms with Crippen LogP contribution in [-0.4, -0.2) is 14.8 Å². The summed E-state index contributed by atoms with van der Waals surface area (Å²) < 4.78 is 14.0. The average molecular weight is 240 g/mol. The molecule has 16 heavy (non-hydrogen) atoms. The molecule has 0 atom stereocenters. The summed E-state index contributed by atoms with van der Waals surface area (Å²) in [5.74, 6) is -0.451. The van der Waals surface area contributed by atoms with Crippen molar-refractivity contribution in [2.45, 2.75) is 6.54 Å². The molecule has 0 aliphatic rings. The highest BCUT2D eigenvalue weighted by Gasteiger charge is 2.02. The fourth-order valence-corrected chi connectivity index (χ4v) is 1.41. The van der Waals surface area contributed by atoms with Crippen LogP contribution in [0.15, 0.2) is 35.4 Å². The molecule has 0 spiro atoms. The van der Waals surface area contributed by atoms with E-state index in [1.165, 1.54) is 24.4 Å². The Morgan fingerprint density at radius 1 is 1.38 bits per heavy atom. The minimum absolute atomic E-state index is 0.143. The second kappa shape index (κ2) is 4.40. The molecular formula is C10H7ClFN3O. The van der Waals surface area contributed by atoms with Crippen LogP contribution in [0.25, 0.3) is 0 Å². The first-order chi connectivity index (χ1) is 7.65. The van der Waals surface area contributed by atoms with Crippen LogP contribution in [0.1, 0.15) is 5.56 Å². The Labute approximate surface area is 95.3 Å². The fraction of sp³-hybridized carbons (Fsp3) is 0.100. The second-order valence-electron chi connectivity index (χ2n) is 3.16. The highest BCUT2D eigenvalue weighted by molar-refractivity contribution is 6.29. The summed E-state index contributed by atoms with van der Waals surface area (Å²) >= 11 is 5.65. The molecule has 0 bridgehead atoms. The maximum atomic E-state index is 12.9. The molecule has 2 rings (SSSR count). The smallest absolute Gasteiger partial charge is 0.267 e. The van der Waals surface area contributed by atoms with E-state index in [4.69, 9.17) is 11.6 Å². The number of hydrogen-bond acceptors (Lipinski definition) is 3. The van der Waals surface area contributed by atoms with Crippen molar-refractivity contribution in [1.29, 1.82) is 0 Å². The van der Waals surface area contributed by atoms with E-state index in [1.807, 2.05) is 0 Å². The maximum Gasteiger partial charge on any atom is 0.267 e. The first-order valence-corrected chi connectivity index (χ1v) is 4.86. The molecule has 82 valence electrons. The Bertz CT molecular complexity index is 570. The Morgan fingerprint density at radius 3 is 2.94 bits per heavy atom. The van der Waals surface area contributed by atoms with Crippen LogP contribution < -0.4 is 5.56 Å². The summed E-state index contributed by atoms with van der Waals surface area (Å²) in [6.07, 6.45) is 2.57. The van der Waals surface area contributed by atoms with Crippen molar-refractivity contribution in [3.63, 3.8) is 0 Å². The molecule has 0 unspecified atom stereocenters. The highest BCUT2D eigenvalue weighted by Crippen LogP contribution is 2.03. The third-order valence-electron chi connectivity index (χ3n) is 1.93. The number of pyridine rings is 1. The number of halogens is 2. The lowest BCUT2D eigenvalue weighted by atomic mass is 10.3. The van der Waals surface area contributed by atoms with Crippen LogP contribution in [0, 0.1) is 5.82 Å². The topological polar surface area (TPSA) is 47.8 Å². The minimum atomic E-state index is -0.451. The maximum absolute atomic E-state index is 12.9. The van der Waals surface area contributed by atoms with Gasteiger partial charge in [-0.15, -0.1) is 0 Å². The highest BCUT2D eigenvalue weighted by atomic mass is 35.5. The van der Waals surface area contributed by atoms with Crippen molar-refractivity contribution in [2.24, 2.45) is 0 Å². The SMILES string of the molecule is O=c1ccc(Cl)nn1Cc1cncc(F)c1. The van der Waals surface area contributed by atoms with Crippen LogP contribution in [0.2, 0.25) is 5.15 Å². The van der Waals surface area contributed by atoms with Gasteiger partial charge in [-0.1, -0.05) is 11.6 Å². The largest absolute Gasteiger partial charge is 0.268 e. The van der Waals surface area contributed by atoms with Crippen molar-refractivity contribution in [2.75, 3.05) is 0 Å². The van der Waals surface area contributed by atoms with Gasteiger partial charge in [0.15, 0.2) is 0 Å². The molecule has 0 saturated carbocycles. The van der Waals surface area contributed by atoms with Gasteiger partial charge in [-0.3, -0.25) is 9.78 Å². The van der Waals surface area contributed by atoms with E-state index in [1.54, 1.807) is 0 Å². The van der Waals surface area contributed by atoms with E-state index in [0.29, 0.717) is 5.56 Å². The van der Waals surface area contributed by atoms with E-state index in [2.05, 4.69) is 10.1 Å². The van der Waals surface area contributed by atoms with Crippen molar-refractivity contribution in [3.05, 3.63) is 57.5 Å². The first-order valence-electron chi connectivity index (χ1n) is 4.48. The predicted octanol–water partition coefficient (Wildman–Crippen LogP) is 1.48. The zero-order valence-electron chi connectivity index (χ0n) is 8.10. The molecule has 2 aromatic heterocycles. The minimum Gasteiger partial charge on any atom is -0.268 e. The third kappa shape index (κ3) is 2.43. The van der Waals surface area contributed by atoms with Gasteiger partial charge in [0.05, 0.1) is 12.7 Å². The molecule has 2 aromatic rings. The molecule has 0 aliphatic carbocycles. The summed E-state index contributed by atoms with van der Waals surface area (Å²) in [5.41, 5.74) is 0.255. The Kier molecular flexibility index (Phi) is 2.96. The first kappa shape index (κ1) is 10.8. The van der Waals surface area contributed by atoms with Crippen LogP contribution >= 0.6 is 11.6 Å². The van der Waals surface area contributed by atoms with Gasteiger partial charge < -0.3 is 0 Å². The lowest BCUT2D eigenvalue weighted by Crippen LogP contribution is -2.22. The fourth-order valence-electron chi connectivity index (χ4n) is 1.25. The molecule has 0 aromatic carbocycles. The van der Waals surface area contributed by atoms with E-state index in [-0.39, 0.29) is 17.3 Å². The molecule has 0 radical (unpaired) electrons. The lowest BCUT2D eigenvalue weighted by Gasteiger charge is -2.03. The van der Waals surface area contributed by atoms with Crippen molar-refractivity contribution >= 4 is 11.6 Å². The molecule has 0 fully saturated rings. The van der Waals surface area contributed by atoms with Crippen molar-refractivity contribution in [3.8, 4) is 0 Å². The molecule has 0 N–H and O–H groups in total. The standard InChI is InChI=1S/C10H7ClFN3O/c11-9-1-2-10(16)15(14-9)6-7-3-8(12)5-13-4-7/h1-5H,6H2. The van der Waals surface area contributed by atoms with E-state index < -0.39 is 5.82 Å². The normalized spacial score (nSPS) is 10.4. The summed E-state index contributed by atoms with van der Waals surface area (Å²) in [6.45, 7) is 0.143. The summed E-state index contributed by atoms with van der Waals surface area (Å²) in [7, 11) is 0. The van der Waals surface area contributed by atoms with Gasteiger partial charge in [0.1, 0.15) is 11.0 Å². The van der Waals surface area contributed by atoms with Crippen molar-refractivity contribution in [1.82, 2.24) is 14.8 Å². The van der Waals surface area contributed by atoms with E-state index >= 15 is 0 Å². The van der Waals surface area contributed by atoms with Crippen LogP contribution in [0.5, 0.6) is 0 Å². The third-order valence-corrected chi connectivity index (χ3v) is 2.13. The van der Waals surface area contributed by atoms with Gasteiger partial charge >= 0.3 is 0 Å². The summed E-state index contributed by atoms with van der Waals surface area (Å²) in [6, 6.07) is 4.01. The molecule has 2 heterocycles. The van der Waals surface area contributed by atoms with Gasteiger partial charge in [0, 0.05) is 12.3 Å². The van der Waals surface area contributed by atoms with Gasteiger partial charge in [0.25, 0.3) is 5.56 Å². The van der Waals surface area contributed by atoms with Crippen LogP contribution in [-0.2, 0) is 6.54 Å². The molecular weight excluding hydrogens is 233 g/mol. The van der Waals surface area contributed by atoms with Gasteiger partial charge in [-0.2, -0.15) is 5.10 Å². The van der Waals surface area contributed by atoms with E-state index in [9.17, 15) is 9.18 Å². The summed E-state index contributed by atoms with van der Waals surface area (Å²) in [4.78, 5) is 15.1. The predicted molar refractivity (Wildman–Crippen MR) is 56.8 cm³/mol. The summed E-state index contributed by atoms with van der Waals surface area (Å²) in [5, 5.41) is 4.03. The molecule has 0 aliphatic heterocycles. The quantitative estimate of drug-likeness (QED) is 0.798. The zero-order valence-corrected chi connectivity index (χ0v) is 8.86. The van der Waals surface area contributed by atoms with E-state index in [0.717, 1.165) is 10.9 Å². The molecule has 6 heteroatoms. The lowest BCUT2D eigenvalue weighted by molar-refractivity contribution is 0.603. The van der Waals surface area contributed by atoms with Crippen LogP contribution in [0.3, 0.4) is 0 Å². The number of hydrogen-bond donors (Lipinski definition) is 0. The Hall–Kier alpha value is -1.75. The van der Waals surface area contributed by atoms with Crippen LogP contribution in [0.4, 0.5) is 4.39 Å².